The Morgan fingerprint density at radius 1 is 0.468 bits per heavy atom. The SMILES string of the molecule is c1ccc(-c2ccc(N3c4ccccc4Sc4c3cc3c5c4N(c4ccccc4)c4ccccc4B5c4ccccc4O3)cc2)cc1. The topological polar surface area (TPSA) is 15.7 Å². The molecule has 7 aromatic rings. The van der Waals surface area contributed by atoms with Crippen LogP contribution in [0.5, 0.6) is 11.5 Å². The fourth-order valence-electron chi connectivity index (χ4n) is 7.47. The molecule has 3 heterocycles. The maximum Gasteiger partial charge on any atom is 0.256 e. The first-order valence-electron chi connectivity index (χ1n) is 16.0. The van der Waals surface area contributed by atoms with Gasteiger partial charge in [0.2, 0.25) is 0 Å². The zero-order chi connectivity index (χ0) is 30.9. The lowest BCUT2D eigenvalue weighted by Gasteiger charge is -2.43. The molecule has 0 N–H and O–H groups in total. The van der Waals surface area contributed by atoms with Crippen molar-refractivity contribution >= 4 is 69.0 Å². The zero-order valence-corrected chi connectivity index (χ0v) is 26.2. The normalized spacial score (nSPS) is 13.5. The van der Waals surface area contributed by atoms with Crippen LogP contribution >= 0.6 is 11.8 Å². The number of para-hydroxylation sites is 4. The van der Waals surface area contributed by atoms with Gasteiger partial charge >= 0.3 is 0 Å². The van der Waals surface area contributed by atoms with Crippen LogP contribution in [0.2, 0.25) is 0 Å². The first kappa shape index (κ1) is 26.6. The summed E-state index contributed by atoms with van der Waals surface area (Å²) in [5, 5.41) is 0. The highest BCUT2D eigenvalue weighted by Gasteiger charge is 2.45. The van der Waals surface area contributed by atoms with E-state index in [4.69, 9.17) is 4.74 Å². The van der Waals surface area contributed by atoms with Crippen molar-refractivity contribution in [1.82, 2.24) is 0 Å². The van der Waals surface area contributed by atoms with E-state index in [0.717, 1.165) is 28.6 Å². The maximum absolute atomic E-state index is 6.88. The molecule has 0 saturated heterocycles. The summed E-state index contributed by atoms with van der Waals surface area (Å²) < 4.78 is 6.88. The van der Waals surface area contributed by atoms with Gasteiger partial charge in [-0.1, -0.05) is 121 Å². The van der Waals surface area contributed by atoms with Crippen LogP contribution in [0.4, 0.5) is 34.1 Å². The number of benzene rings is 7. The number of hydrogen-bond donors (Lipinski definition) is 0. The van der Waals surface area contributed by atoms with Crippen molar-refractivity contribution in [3.05, 3.63) is 164 Å². The van der Waals surface area contributed by atoms with E-state index < -0.39 is 0 Å². The third-order valence-electron chi connectivity index (χ3n) is 9.49. The van der Waals surface area contributed by atoms with Crippen LogP contribution in [0.3, 0.4) is 0 Å². The number of hydrogen-bond acceptors (Lipinski definition) is 4. The molecule has 0 aromatic heterocycles. The van der Waals surface area contributed by atoms with Gasteiger partial charge in [-0.05, 0) is 76.0 Å². The van der Waals surface area contributed by atoms with Crippen LogP contribution in [-0.4, -0.2) is 6.71 Å². The quantitative estimate of drug-likeness (QED) is 0.183. The Labute approximate surface area is 278 Å². The minimum Gasteiger partial charge on any atom is -0.458 e. The number of fused-ring (bicyclic) bond motifs is 7. The summed E-state index contributed by atoms with van der Waals surface area (Å²) in [4.78, 5) is 7.32. The minimum absolute atomic E-state index is 0.0581. The molecule has 0 atom stereocenters. The molecule has 3 aliphatic heterocycles. The molecule has 0 bridgehead atoms. The van der Waals surface area contributed by atoms with Gasteiger partial charge in [-0.2, -0.15) is 0 Å². The van der Waals surface area contributed by atoms with E-state index in [9.17, 15) is 0 Å². The average molecular weight is 619 g/mol. The van der Waals surface area contributed by atoms with Crippen molar-refractivity contribution in [2.45, 2.75) is 9.79 Å². The molecule has 0 fully saturated rings. The van der Waals surface area contributed by atoms with Crippen LogP contribution in [0.1, 0.15) is 0 Å². The van der Waals surface area contributed by atoms with Crippen LogP contribution in [0.15, 0.2) is 174 Å². The molecular weight excluding hydrogens is 591 g/mol. The minimum atomic E-state index is 0.0581. The highest BCUT2D eigenvalue weighted by atomic mass is 32.2. The van der Waals surface area contributed by atoms with E-state index in [0.29, 0.717) is 0 Å². The van der Waals surface area contributed by atoms with Gasteiger partial charge in [-0.15, -0.1) is 0 Å². The van der Waals surface area contributed by atoms with Crippen molar-refractivity contribution in [2.75, 3.05) is 9.80 Å². The predicted octanol–water partition coefficient (Wildman–Crippen LogP) is 9.69. The lowest BCUT2D eigenvalue weighted by molar-refractivity contribution is 0.487. The molecule has 0 spiro atoms. The fraction of sp³-hybridized carbons (Fsp3) is 0. The van der Waals surface area contributed by atoms with E-state index in [1.165, 1.54) is 54.4 Å². The second-order valence-electron chi connectivity index (χ2n) is 12.1. The summed E-state index contributed by atoms with van der Waals surface area (Å²) in [5.41, 5.74) is 13.0. The van der Waals surface area contributed by atoms with E-state index in [1.807, 2.05) is 11.8 Å². The number of nitrogens with zero attached hydrogens (tertiary/aromatic N) is 2. The van der Waals surface area contributed by atoms with Crippen molar-refractivity contribution < 1.29 is 4.74 Å². The van der Waals surface area contributed by atoms with Crippen molar-refractivity contribution in [3.63, 3.8) is 0 Å². The third kappa shape index (κ3) is 4.03. The van der Waals surface area contributed by atoms with Gasteiger partial charge in [0, 0.05) is 28.0 Å². The Bertz CT molecular complexity index is 2330. The summed E-state index contributed by atoms with van der Waals surface area (Å²) >= 11 is 1.86. The highest BCUT2D eigenvalue weighted by Crippen LogP contribution is 2.58. The summed E-state index contributed by atoms with van der Waals surface area (Å²) in [5.74, 6) is 1.82. The van der Waals surface area contributed by atoms with Gasteiger partial charge in [0.1, 0.15) is 11.5 Å². The molecule has 220 valence electrons. The zero-order valence-electron chi connectivity index (χ0n) is 25.4. The molecule has 0 amide bonds. The van der Waals surface area contributed by atoms with Crippen molar-refractivity contribution in [3.8, 4) is 22.6 Å². The first-order valence-corrected chi connectivity index (χ1v) is 16.8. The highest BCUT2D eigenvalue weighted by molar-refractivity contribution is 8.00. The molecule has 0 aliphatic carbocycles. The lowest BCUT2D eigenvalue weighted by Crippen LogP contribution is -2.59. The molecule has 0 radical (unpaired) electrons. The third-order valence-corrected chi connectivity index (χ3v) is 10.7. The summed E-state index contributed by atoms with van der Waals surface area (Å²) in [7, 11) is 0. The van der Waals surface area contributed by atoms with Gasteiger partial charge in [0.05, 0.1) is 22.0 Å². The molecular formula is C42H27BN2OS. The number of ether oxygens (including phenoxy) is 1. The summed E-state index contributed by atoms with van der Waals surface area (Å²) in [6.45, 7) is 0.0581. The van der Waals surface area contributed by atoms with E-state index in [1.54, 1.807) is 0 Å². The van der Waals surface area contributed by atoms with E-state index in [-0.39, 0.29) is 6.71 Å². The van der Waals surface area contributed by atoms with Gasteiger partial charge in [-0.3, -0.25) is 0 Å². The fourth-order valence-corrected chi connectivity index (χ4v) is 8.65. The Kier molecular flexibility index (Phi) is 5.90. The second-order valence-corrected chi connectivity index (χ2v) is 13.2. The first-order chi connectivity index (χ1) is 23.3. The van der Waals surface area contributed by atoms with Gasteiger partial charge in [0.25, 0.3) is 6.71 Å². The number of anilines is 6. The molecule has 5 heteroatoms. The van der Waals surface area contributed by atoms with Crippen molar-refractivity contribution in [2.24, 2.45) is 0 Å². The predicted molar refractivity (Wildman–Crippen MR) is 197 cm³/mol. The molecule has 10 rings (SSSR count). The molecule has 3 aliphatic rings. The smallest absolute Gasteiger partial charge is 0.256 e. The Balaban J connectivity index is 1.26. The lowest BCUT2D eigenvalue weighted by atomic mass is 9.34. The standard InChI is InChI=1S/C42H27BN2OS/c1-3-13-28(14-4-1)29-23-25-31(26-24-29)44-35-20-10-12-22-39(35)47-42-36(44)27-38-40-41(42)45(30-15-5-2-6-16-30)34-19-9-7-17-32(34)43(40)33-18-8-11-21-37(33)46-38/h1-27H. The Morgan fingerprint density at radius 2 is 1.09 bits per heavy atom. The Morgan fingerprint density at radius 3 is 1.89 bits per heavy atom. The van der Waals surface area contributed by atoms with E-state index >= 15 is 0 Å². The summed E-state index contributed by atoms with van der Waals surface area (Å²) in [6.07, 6.45) is 0. The number of rotatable bonds is 3. The van der Waals surface area contributed by atoms with Crippen LogP contribution in [0.25, 0.3) is 11.1 Å². The van der Waals surface area contributed by atoms with Gasteiger partial charge in [0.15, 0.2) is 0 Å². The molecule has 47 heavy (non-hydrogen) atoms. The van der Waals surface area contributed by atoms with Crippen LogP contribution in [0, 0.1) is 0 Å². The largest absolute Gasteiger partial charge is 0.458 e. The summed E-state index contributed by atoms with van der Waals surface area (Å²) in [6, 6.07) is 58.7. The van der Waals surface area contributed by atoms with Gasteiger partial charge < -0.3 is 14.5 Å². The molecule has 0 saturated carbocycles. The van der Waals surface area contributed by atoms with Gasteiger partial charge in [-0.25, -0.2) is 0 Å². The Hall–Kier alpha value is -5.65. The molecule has 0 unspecified atom stereocenters. The maximum atomic E-state index is 6.88. The van der Waals surface area contributed by atoms with Crippen LogP contribution in [-0.2, 0) is 0 Å². The van der Waals surface area contributed by atoms with Crippen molar-refractivity contribution in [1.29, 1.82) is 0 Å². The van der Waals surface area contributed by atoms with Crippen LogP contribution < -0.4 is 30.9 Å². The second kappa shape index (κ2) is 10.4. The monoisotopic (exact) mass is 618 g/mol. The van der Waals surface area contributed by atoms with E-state index in [2.05, 4.69) is 174 Å². The molecule has 7 aromatic carbocycles. The molecule has 3 nitrogen and oxygen atoms in total. The average Bonchev–Trinajstić information content (AvgIpc) is 3.14.